The second-order valence-electron chi connectivity index (χ2n) is 6.23. The molecule has 128 valence electrons. The van der Waals surface area contributed by atoms with Crippen LogP contribution in [0.1, 0.15) is 11.3 Å². The first-order valence-electron chi connectivity index (χ1n) is 7.63. The molecular formula is C17H17F3N2O2. The molecule has 7 heteroatoms. The van der Waals surface area contributed by atoms with Gasteiger partial charge in [0.1, 0.15) is 0 Å². The van der Waals surface area contributed by atoms with Crippen molar-refractivity contribution in [2.75, 3.05) is 13.1 Å². The highest BCUT2D eigenvalue weighted by molar-refractivity contribution is 5.82. The molecular weight excluding hydrogens is 321 g/mol. The van der Waals surface area contributed by atoms with Gasteiger partial charge in [-0.05, 0) is 24.6 Å². The van der Waals surface area contributed by atoms with E-state index in [0.717, 1.165) is 22.2 Å². The molecule has 4 nitrogen and oxygen atoms in total. The van der Waals surface area contributed by atoms with E-state index >= 15 is 0 Å². The third-order valence-corrected chi connectivity index (χ3v) is 4.46. The van der Waals surface area contributed by atoms with Gasteiger partial charge in [0, 0.05) is 30.7 Å². The van der Waals surface area contributed by atoms with Crippen molar-refractivity contribution in [1.29, 1.82) is 0 Å². The van der Waals surface area contributed by atoms with E-state index in [9.17, 15) is 18.0 Å². The molecule has 0 radical (unpaired) electrons. The molecule has 0 aliphatic carbocycles. The van der Waals surface area contributed by atoms with Crippen molar-refractivity contribution < 1.29 is 23.1 Å². The van der Waals surface area contributed by atoms with Gasteiger partial charge in [0.25, 0.3) is 0 Å². The summed E-state index contributed by atoms with van der Waals surface area (Å²) in [6, 6.07) is 9.29. The van der Waals surface area contributed by atoms with Crippen molar-refractivity contribution in [3.05, 3.63) is 41.6 Å². The summed E-state index contributed by atoms with van der Waals surface area (Å²) in [4.78, 5) is 17.2. The first kappa shape index (κ1) is 16.7. The van der Waals surface area contributed by atoms with Crippen molar-refractivity contribution in [2.45, 2.75) is 19.6 Å². The number of pyridine rings is 1. The Morgan fingerprint density at radius 1 is 1.33 bits per heavy atom. The van der Waals surface area contributed by atoms with Crippen molar-refractivity contribution >= 4 is 16.9 Å². The summed E-state index contributed by atoms with van der Waals surface area (Å²) in [6.07, 6.45) is -4.51. The van der Waals surface area contributed by atoms with E-state index in [4.69, 9.17) is 5.11 Å². The van der Waals surface area contributed by atoms with Gasteiger partial charge in [-0.2, -0.15) is 13.2 Å². The molecule has 1 aliphatic heterocycles. The number of aryl methyl sites for hydroxylation is 1. The summed E-state index contributed by atoms with van der Waals surface area (Å²) in [7, 11) is 0. The second-order valence-corrected chi connectivity index (χ2v) is 6.23. The maximum Gasteiger partial charge on any atom is 0.393 e. The molecule has 0 saturated carbocycles. The maximum atomic E-state index is 13.1. The Balaban J connectivity index is 1.89. The number of aliphatic carboxylic acids is 1. The molecule has 1 aromatic carbocycles. The largest absolute Gasteiger partial charge is 0.481 e. The number of nitrogens with zero attached hydrogens (tertiary/aromatic N) is 2. The van der Waals surface area contributed by atoms with Gasteiger partial charge < -0.3 is 5.11 Å². The van der Waals surface area contributed by atoms with Gasteiger partial charge in [-0.3, -0.25) is 14.7 Å². The van der Waals surface area contributed by atoms with Crippen LogP contribution in [-0.4, -0.2) is 40.2 Å². The smallest absolute Gasteiger partial charge is 0.393 e. The highest BCUT2D eigenvalue weighted by Gasteiger charge is 2.52. The van der Waals surface area contributed by atoms with Gasteiger partial charge in [-0.15, -0.1) is 0 Å². The maximum absolute atomic E-state index is 13.1. The highest BCUT2D eigenvalue weighted by Crippen LogP contribution is 2.38. The number of carboxylic acid groups (broad SMARTS) is 1. The van der Waals surface area contributed by atoms with Gasteiger partial charge >= 0.3 is 12.1 Å². The Bertz CT molecular complexity index is 776. The topological polar surface area (TPSA) is 53.4 Å². The van der Waals surface area contributed by atoms with Gasteiger partial charge in [-0.1, -0.05) is 18.2 Å². The van der Waals surface area contributed by atoms with Crippen LogP contribution in [0, 0.1) is 18.8 Å². The lowest BCUT2D eigenvalue weighted by Gasteiger charge is -2.19. The SMILES string of the molecule is Cc1cc(CN2C[C@@H](C(F)(F)F)[C@H](C(=O)O)C2)c2ccccc2n1. The molecule has 2 aromatic rings. The second kappa shape index (κ2) is 6.05. The number of aromatic nitrogens is 1. The predicted molar refractivity (Wildman–Crippen MR) is 82.4 cm³/mol. The van der Waals surface area contributed by atoms with Crippen molar-refractivity contribution in [2.24, 2.45) is 11.8 Å². The number of hydrogen-bond donors (Lipinski definition) is 1. The number of hydrogen-bond acceptors (Lipinski definition) is 3. The molecule has 1 aromatic heterocycles. The molecule has 1 saturated heterocycles. The van der Waals surface area contributed by atoms with Crippen LogP contribution in [0.25, 0.3) is 10.9 Å². The summed E-state index contributed by atoms with van der Waals surface area (Å²) in [6.45, 7) is 1.71. The van der Waals surface area contributed by atoms with Gasteiger partial charge in [0.15, 0.2) is 0 Å². The number of rotatable bonds is 3. The zero-order valence-electron chi connectivity index (χ0n) is 13.0. The number of halogens is 3. The van der Waals surface area contributed by atoms with E-state index < -0.39 is 24.0 Å². The van der Waals surface area contributed by atoms with Crippen LogP contribution in [0.3, 0.4) is 0 Å². The fourth-order valence-electron chi connectivity index (χ4n) is 3.36. The van der Waals surface area contributed by atoms with Gasteiger partial charge in [0.05, 0.1) is 17.4 Å². The summed E-state index contributed by atoms with van der Waals surface area (Å²) in [5, 5.41) is 9.99. The molecule has 3 rings (SSSR count). The van der Waals surface area contributed by atoms with Gasteiger partial charge in [-0.25, -0.2) is 0 Å². The lowest BCUT2D eigenvalue weighted by Crippen LogP contribution is -2.33. The Morgan fingerprint density at radius 3 is 2.67 bits per heavy atom. The molecule has 0 amide bonds. The first-order valence-corrected chi connectivity index (χ1v) is 7.63. The molecule has 0 unspecified atom stereocenters. The van der Waals surface area contributed by atoms with Crippen LogP contribution in [0.15, 0.2) is 30.3 Å². The Hall–Kier alpha value is -2.15. The van der Waals surface area contributed by atoms with Crippen LogP contribution < -0.4 is 0 Å². The molecule has 2 heterocycles. The van der Waals surface area contributed by atoms with E-state index in [-0.39, 0.29) is 19.6 Å². The molecule has 1 aliphatic rings. The molecule has 24 heavy (non-hydrogen) atoms. The normalized spacial score (nSPS) is 22.2. The minimum Gasteiger partial charge on any atom is -0.481 e. The van der Waals surface area contributed by atoms with Crippen LogP contribution in [0.5, 0.6) is 0 Å². The Kier molecular flexibility index (Phi) is 4.21. The number of carboxylic acids is 1. The number of benzene rings is 1. The lowest BCUT2D eigenvalue weighted by atomic mass is 9.96. The monoisotopic (exact) mass is 338 g/mol. The molecule has 1 fully saturated rings. The average molecular weight is 338 g/mol. The van der Waals surface area contributed by atoms with E-state index in [1.54, 1.807) is 4.90 Å². The van der Waals surface area contributed by atoms with E-state index in [1.807, 2.05) is 37.3 Å². The van der Waals surface area contributed by atoms with Crippen LogP contribution >= 0.6 is 0 Å². The third kappa shape index (κ3) is 3.21. The predicted octanol–water partition coefficient (Wildman–Crippen LogP) is 3.24. The summed E-state index contributed by atoms with van der Waals surface area (Å²) in [5.41, 5.74) is 2.43. The summed E-state index contributed by atoms with van der Waals surface area (Å²) in [5.74, 6) is -4.64. The fraction of sp³-hybridized carbons (Fsp3) is 0.412. The molecule has 0 bridgehead atoms. The van der Waals surface area contributed by atoms with Crippen LogP contribution in [0.4, 0.5) is 13.2 Å². The number of likely N-dealkylation sites (tertiary alicyclic amines) is 1. The quantitative estimate of drug-likeness (QED) is 0.933. The minimum atomic E-state index is -4.51. The van der Waals surface area contributed by atoms with E-state index in [0.29, 0.717) is 0 Å². The highest BCUT2D eigenvalue weighted by atomic mass is 19.4. The number of para-hydroxylation sites is 1. The first-order chi connectivity index (χ1) is 11.3. The minimum absolute atomic E-state index is 0.102. The van der Waals surface area contributed by atoms with E-state index in [2.05, 4.69) is 4.98 Å². The number of fused-ring (bicyclic) bond motifs is 1. The van der Waals surface area contributed by atoms with Crippen molar-refractivity contribution in [3.8, 4) is 0 Å². The zero-order valence-corrected chi connectivity index (χ0v) is 13.0. The molecule has 2 atom stereocenters. The standard InChI is InChI=1S/C17H17F3N2O2/c1-10-6-11(12-4-2-3-5-15(12)21-10)7-22-8-13(16(23)24)14(9-22)17(18,19)20/h2-6,13-14H,7-9H2,1H3,(H,23,24)/t13-,14-/m1/s1. The molecule has 1 N–H and O–H groups in total. The average Bonchev–Trinajstić information content (AvgIpc) is 2.91. The fourth-order valence-corrected chi connectivity index (χ4v) is 3.36. The van der Waals surface area contributed by atoms with Gasteiger partial charge in [0.2, 0.25) is 0 Å². The number of alkyl halides is 3. The lowest BCUT2D eigenvalue weighted by molar-refractivity contribution is -0.188. The van der Waals surface area contributed by atoms with E-state index in [1.165, 1.54) is 0 Å². The van der Waals surface area contributed by atoms with Crippen molar-refractivity contribution in [1.82, 2.24) is 9.88 Å². The number of carbonyl (C=O) groups is 1. The van der Waals surface area contributed by atoms with Crippen LogP contribution in [-0.2, 0) is 11.3 Å². The Morgan fingerprint density at radius 2 is 2.04 bits per heavy atom. The zero-order chi connectivity index (χ0) is 17.5. The Labute approximate surface area is 136 Å². The summed E-state index contributed by atoms with van der Waals surface area (Å²) < 4.78 is 39.3. The third-order valence-electron chi connectivity index (χ3n) is 4.46. The van der Waals surface area contributed by atoms with Crippen molar-refractivity contribution in [3.63, 3.8) is 0 Å². The summed E-state index contributed by atoms with van der Waals surface area (Å²) >= 11 is 0. The van der Waals surface area contributed by atoms with Crippen LogP contribution in [0.2, 0.25) is 0 Å². The molecule has 0 spiro atoms.